The number of amides is 2. The summed E-state index contributed by atoms with van der Waals surface area (Å²) in [5.74, 6) is 0.0275. The summed E-state index contributed by atoms with van der Waals surface area (Å²) in [6, 6.07) is 5.58. The first-order valence-corrected chi connectivity index (χ1v) is 12.5. The van der Waals surface area contributed by atoms with E-state index in [0.717, 1.165) is 63.1 Å². The molecule has 1 atom stereocenters. The molecule has 2 heterocycles. The van der Waals surface area contributed by atoms with Crippen LogP contribution in [0.25, 0.3) is 0 Å². The smallest absolute Gasteiger partial charge is 0.251 e. The Kier molecular flexibility index (Phi) is 7.42. The Labute approximate surface area is 202 Å². The molecule has 0 saturated carbocycles. The summed E-state index contributed by atoms with van der Waals surface area (Å²) in [6.07, 6.45) is 2.83. The van der Waals surface area contributed by atoms with Crippen molar-refractivity contribution in [1.82, 2.24) is 9.80 Å². The number of thiophene rings is 1. The summed E-state index contributed by atoms with van der Waals surface area (Å²) in [5, 5.41) is 4.89. The van der Waals surface area contributed by atoms with Crippen molar-refractivity contribution >= 4 is 51.4 Å². The van der Waals surface area contributed by atoms with Crippen LogP contribution in [0.4, 0.5) is 5.00 Å². The van der Waals surface area contributed by atoms with E-state index in [1.165, 1.54) is 16.2 Å². The number of nitrogens with one attached hydrogen (secondary N) is 1. The van der Waals surface area contributed by atoms with Gasteiger partial charge in [0.05, 0.1) is 12.1 Å². The number of anilines is 1. The Bertz CT molecular complexity index is 1020. The quantitative estimate of drug-likeness (QED) is 0.634. The molecule has 6 nitrogen and oxygen atoms in total. The van der Waals surface area contributed by atoms with Crippen molar-refractivity contribution in [2.75, 3.05) is 38.0 Å². The third kappa shape index (κ3) is 5.46. The number of rotatable bonds is 6. The predicted octanol–water partition coefficient (Wildman–Crippen LogP) is 4.03. The molecule has 0 spiro atoms. The lowest BCUT2D eigenvalue weighted by atomic mass is 9.88. The number of hydrogen-bond donors (Lipinski definition) is 2. The minimum atomic E-state index is -0.457. The summed E-state index contributed by atoms with van der Waals surface area (Å²) in [5.41, 5.74) is 8.25. The number of carbonyl (C=O) groups excluding carboxylic acids is 2. The van der Waals surface area contributed by atoms with E-state index in [1.54, 1.807) is 6.07 Å². The molecular weight excluding hydrogens is 467 g/mol. The van der Waals surface area contributed by atoms with Crippen LogP contribution >= 0.6 is 34.5 Å². The van der Waals surface area contributed by atoms with E-state index in [4.69, 9.17) is 28.9 Å². The highest BCUT2D eigenvalue weighted by molar-refractivity contribution is 7.17. The van der Waals surface area contributed by atoms with Crippen molar-refractivity contribution < 1.29 is 9.59 Å². The zero-order chi connectivity index (χ0) is 22.8. The summed E-state index contributed by atoms with van der Waals surface area (Å²) < 4.78 is 0. The molecule has 1 fully saturated rings. The van der Waals surface area contributed by atoms with E-state index in [-0.39, 0.29) is 5.91 Å². The predicted molar refractivity (Wildman–Crippen MR) is 131 cm³/mol. The molecule has 1 aliphatic carbocycles. The molecule has 4 rings (SSSR count). The first-order chi connectivity index (χ1) is 15.3. The van der Waals surface area contributed by atoms with E-state index < -0.39 is 5.91 Å². The van der Waals surface area contributed by atoms with Gasteiger partial charge in [0.25, 0.3) is 5.91 Å². The van der Waals surface area contributed by atoms with Crippen molar-refractivity contribution in [3.63, 3.8) is 0 Å². The molecule has 172 valence electrons. The van der Waals surface area contributed by atoms with Gasteiger partial charge in [-0.1, -0.05) is 36.2 Å². The van der Waals surface area contributed by atoms with E-state index in [9.17, 15) is 9.59 Å². The molecule has 0 bridgehead atoms. The van der Waals surface area contributed by atoms with Gasteiger partial charge in [-0.15, -0.1) is 11.3 Å². The van der Waals surface area contributed by atoms with Crippen LogP contribution in [0.15, 0.2) is 18.2 Å². The van der Waals surface area contributed by atoms with Crippen LogP contribution in [0.3, 0.4) is 0 Å². The molecule has 32 heavy (non-hydrogen) atoms. The number of benzene rings is 1. The molecule has 1 aromatic carbocycles. The van der Waals surface area contributed by atoms with Crippen molar-refractivity contribution in [3.05, 3.63) is 49.8 Å². The lowest BCUT2D eigenvalue weighted by molar-refractivity contribution is -0.117. The second-order valence-corrected chi connectivity index (χ2v) is 10.7. The minimum Gasteiger partial charge on any atom is -0.365 e. The maximum atomic E-state index is 12.7. The third-order valence-corrected chi connectivity index (χ3v) is 8.01. The standard InChI is InChI=1S/C23H28Cl2N4O2S/c1-14-2-5-17-19(10-14)32-23(21(17)22(26)31)27-20(30)13-29-8-6-28(7-9-29)12-15-3-4-16(24)11-18(15)25/h3-4,11,14H,2,5-10,12-13H2,1H3,(H2,26,31)(H,27,30). The molecule has 1 aromatic heterocycles. The van der Waals surface area contributed by atoms with Crippen LogP contribution in [0.5, 0.6) is 0 Å². The molecule has 9 heteroatoms. The molecule has 2 amide bonds. The summed E-state index contributed by atoms with van der Waals surface area (Å²) >= 11 is 13.8. The zero-order valence-electron chi connectivity index (χ0n) is 18.1. The fraction of sp³-hybridized carbons (Fsp3) is 0.478. The largest absolute Gasteiger partial charge is 0.365 e. The molecule has 0 radical (unpaired) electrons. The van der Waals surface area contributed by atoms with E-state index >= 15 is 0 Å². The number of fused-ring (bicyclic) bond motifs is 1. The molecular formula is C23H28Cl2N4O2S. The molecule has 1 unspecified atom stereocenters. The van der Waals surface area contributed by atoms with Gasteiger partial charge >= 0.3 is 0 Å². The number of nitrogens with zero attached hydrogens (tertiary/aromatic N) is 2. The molecule has 3 N–H and O–H groups in total. The Morgan fingerprint density at radius 3 is 2.59 bits per heavy atom. The fourth-order valence-corrected chi connectivity index (χ4v) is 6.37. The normalized spacial score (nSPS) is 19.5. The number of halogens is 2. The number of primary amides is 1. The monoisotopic (exact) mass is 494 g/mol. The van der Waals surface area contributed by atoms with Gasteiger partial charge in [0.15, 0.2) is 0 Å². The van der Waals surface area contributed by atoms with Gasteiger partial charge in [-0.3, -0.25) is 19.4 Å². The highest BCUT2D eigenvalue weighted by atomic mass is 35.5. The topological polar surface area (TPSA) is 78.7 Å². The zero-order valence-corrected chi connectivity index (χ0v) is 20.5. The summed E-state index contributed by atoms with van der Waals surface area (Å²) in [7, 11) is 0. The molecule has 1 saturated heterocycles. The van der Waals surface area contributed by atoms with Crippen LogP contribution in [-0.4, -0.2) is 54.3 Å². The second-order valence-electron chi connectivity index (χ2n) is 8.76. The van der Waals surface area contributed by atoms with Crippen LogP contribution in [0, 0.1) is 5.92 Å². The minimum absolute atomic E-state index is 0.103. The van der Waals surface area contributed by atoms with Crippen molar-refractivity contribution in [2.24, 2.45) is 11.7 Å². The Hall–Kier alpha value is -1.64. The molecule has 2 aliphatic rings. The molecule has 1 aliphatic heterocycles. The van der Waals surface area contributed by atoms with Gasteiger partial charge in [0.1, 0.15) is 5.00 Å². The first-order valence-electron chi connectivity index (χ1n) is 10.9. The Balaban J connectivity index is 1.32. The van der Waals surface area contributed by atoms with E-state index in [1.807, 2.05) is 12.1 Å². The number of nitrogens with two attached hydrogens (primary N) is 1. The van der Waals surface area contributed by atoms with E-state index in [2.05, 4.69) is 22.0 Å². The highest BCUT2D eigenvalue weighted by Crippen LogP contribution is 2.39. The average Bonchev–Trinajstić information content (AvgIpc) is 3.08. The van der Waals surface area contributed by atoms with Crippen molar-refractivity contribution in [1.29, 1.82) is 0 Å². The van der Waals surface area contributed by atoms with Crippen LogP contribution in [0.1, 0.15) is 39.7 Å². The van der Waals surface area contributed by atoms with Gasteiger partial charge in [0.2, 0.25) is 5.91 Å². The molecule has 2 aromatic rings. The van der Waals surface area contributed by atoms with Gasteiger partial charge in [-0.2, -0.15) is 0 Å². The maximum Gasteiger partial charge on any atom is 0.251 e. The number of hydrogen-bond acceptors (Lipinski definition) is 5. The lowest BCUT2D eigenvalue weighted by Gasteiger charge is -2.34. The summed E-state index contributed by atoms with van der Waals surface area (Å²) in [6.45, 7) is 6.56. The third-order valence-electron chi connectivity index (χ3n) is 6.25. The van der Waals surface area contributed by atoms with Gasteiger partial charge in [-0.25, -0.2) is 0 Å². The Morgan fingerprint density at radius 1 is 1.19 bits per heavy atom. The fourth-order valence-electron chi connectivity index (χ4n) is 4.47. The Morgan fingerprint density at radius 2 is 1.91 bits per heavy atom. The van der Waals surface area contributed by atoms with Crippen LogP contribution < -0.4 is 11.1 Å². The first kappa shape index (κ1) is 23.5. The second kappa shape index (κ2) is 10.1. The average molecular weight is 495 g/mol. The lowest BCUT2D eigenvalue weighted by Crippen LogP contribution is -2.48. The van der Waals surface area contributed by atoms with E-state index in [0.29, 0.717) is 33.1 Å². The maximum absolute atomic E-state index is 12.7. The highest BCUT2D eigenvalue weighted by Gasteiger charge is 2.28. The van der Waals surface area contributed by atoms with Gasteiger partial charge in [-0.05, 0) is 48.4 Å². The van der Waals surface area contributed by atoms with Gasteiger partial charge in [0, 0.05) is 47.6 Å². The van der Waals surface area contributed by atoms with Crippen molar-refractivity contribution in [2.45, 2.75) is 32.7 Å². The number of carbonyl (C=O) groups is 2. The SMILES string of the molecule is CC1CCc2c(sc(NC(=O)CN3CCN(Cc4ccc(Cl)cc4Cl)CC3)c2C(N)=O)C1. The van der Waals surface area contributed by atoms with Crippen LogP contribution in [0.2, 0.25) is 10.0 Å². The van der Waals surface area contributed by atoms with Gasteiger partial charge < -0.3 is 11.1 Å². The number of piperazine rings is 1. The van der Waals surface area contributed by atoms with Crippen LogP contribution in [-0.2, 0) is 24.2 Å². The summed E-state index contributed by atoms with van der Waals surface area (Å²) in [4.78, 5) is 30.5. The van der Waals surface area contributed by atoms with Crippen molar-refractivity contribution in [3.8, 4) is 0 Å².